The maximum Gasteiger partial charge on any atom is 0.259 e. The third-order valence-electron chi connectivity index (χ3n) is 4.98. The number of rotatable bonds is 2. The number of pyridine rings is 1. The molecule has 1 fully saturated rings. The summed E-state index contributed by atoms with van der Waals surface area (Å²) in [5.41, 5.74) is 9.31. The highest BCUT2D eigenvalue weighted by molar-refractivity contribution is 6.09. The molecule has 2 atom stereocenters. The van der Waals surface area contributed by atoms with E-state index in [1.807, 2.05) is 29.2 Å². The van der Waals surface area contributed by atoms with Crippen molar-refractivity contribution in [1.29, 1.82) is 0 Å². The molecule has 1 aromatic heterocycles. The Morgan fingerprint density at radius 1 is 1.24 bits per heavy atom. The first kappa shape index (κ1) is 15.6. The number of carbonyl (C=O) groups excluding carboxylic acids is 1. The van der Waals surface area contributed by atoms with E-state index < -0.39 is 12.2 Å². The number of hydrogen-bond acceptors (Lipinski definition) is 4. The molecule has 0 bridgehead atoms. The van der Waals surface area contributed by atoms with Crippen LogP contribution in [-0.2, 0) is 0 Å². The predicted molar refractivity (Wildman–Crippen MR) is 95.8 cm³/mol. The second-order valence-corrected chi connectivity index (χ2v) is 6.42. The van der Waals surface area contributed by atoms with Gasteiger partial charge in [0, 0.05) is 36.1 Å². The highest BCUT2D eigenvalue weighted by Crippen LogP contribution is 2.37. The van der Waals surface area contributed by atoms with Crippen molar-refractivity contribution in [3.63, 3.8) is 0 Å². The minimum atomic E-state index is -1.10. The molecule has 1 aromatic carbocycles. The number of nitrogens with zero attached hydrogens (tertiary/aromatic N) is 3. The predicted octanol–water partition coefficient (Wildman–Crippen LogP) is 2.71. The zero-order chi connectivity index (χ0) is 17.6. The van der Waals surface area contributed by atoms with Crippen LogP contribution < -0.4 is 10.6 Å². The molecule has 4 rings (SSSR count). The van der Waals surface area contributed by atoms with Crippen LogP contribution in [0.15, 0.2) is 49.3 Å². The van der Waals surface area contributed by atoms with Crippen molar-refractivity contribution in [1.82, 2.24) is 9.88 Å². The third kappa shape index (κ3) is 2.45. The van der Waals surface area contributed by atoms with E-state index >= 15 is 0 Å². The number of benzene rings is 1. The molecule has 128 valence electrons. The van der Waals surface area contributed by atoms with Crippen LogP contribution >= 0.6 is 0 Å². The number of nitrogens with two attached hydrogens (primary N) is 1. The molecule has 3 heterocycles. The second-order valence-electron chi connectivity index (χ2n) is 6.42. The zero-order valence-corrected chi connectivity index (χ0v) is 13.7. The standard InChI is InChI=1S/C19H19FN4O/c1-12-13-4-2-3-5-14(13)19(25)24(12)18-11-23(9-7-15(18)20)17-6-8-22-10-16(17)21/h2-6,8,10,15,18H,1,7,9,11,21H2/t15-,18+/m0/s1. The molecule has 2 N–H and O–H groups in total. The first-order chi connectivity index (χ1) is 12.1. The van der Waals surface area contributed by atoms with E-state index in [2.05, 4.69) is 11.6 Å². The van der Waals surface area contributed by atoms with E-state index in [1.165, 1.54) is 4.90 Å². The minimum Gasteiger partial charge on any atom is -0.396 e. The van der Waals surface area contributed by atoms with Crippen LogP contribution in [0.2, 0.25) is 0 Å². The van der Waals surface area contributed by atoms with Gasteiger partial charge in [0.25, 0.3) is 5.91 Å². The molecular formula is C19H19FN4O. The van der Waals surface area contributed by atoms with Crippen LogP contribution in [0.1, 0.15) is 22.3 Å². The SMILES string of the molecule is C=C1c2ccccc2C(=O)N1[C@@H]1CN(c2ccncc2N)CC[C@@H]1F. The Morgan fingerprint density at radius 2 is 2.00 bits per heavy atom. The Balaban J connectivity index is 1.65. The number of piperidine rings is 1. The smallest absolute Gasteiger partial charge is 0.259 e. The number of alkyl halides is 1. The maximum atomic E-state index is 14.8. The molecule has 0 aliphatic carbocycles. The number of halogens is 1. The Morgan fingerprint density at radius 3 is 2.72 bits per heavy atom. The Labute approximate surface area is 145 Å². The van der Waals surface area contributed by atoms with Gasteiger partial charge in [0.05, 0.1) is 23.6 Å². The van der Waals surface area contributed by atoms with Gasteiger partial charge in [-0.3, -0.25) is 9.78 Å². The number of carbonyl (C=O) groups is 1. The van der Waals surface area contributed by atoms with Gasteiger partial charge in [-0.1, -0.05) is 24.8 Å². The Hall–Kier alpha value is -2.89. The van der Waals surface area contributed by atoms with Gasteiger partial charge >= 0.3 is 0 Å². The van der Waals surface area contributed by atoms with Crippen molar-refractivity contribution < 1.29 is 9.18 Å². The molecule has 5 nitrogen and oxygen atoms in total. The number of anilines is 2. The molecule has 2 aliphatic heterocycles. The summed E-state index contributed by atoms with van der Waals surface area (Å²) < 4.78 is 14.8. The normalized spacial score (nSPS) is 23.1. The summed E-state index contributed by atoms with van der Waals surface area (Å²) in [5, 5.41) is 0. The summed E-state index contributed by atoms with van der Waals surface area (Å²) in [5.74, 6) is -0.183. The van der Waals surface area contributed by atoms with E-state index in [9.17, 15) is 9.18 Å². The fourth-order valence-electron chi connectivity index (χ4n) is 3.71. The average Bonchev–Trinajstić information content (AvgIpc) is 2.88. The largest absolute Gasteiger partial charge is 0.396 e. The van der Waals surface area contributed by atoms with Gasteiger partial charge in [0.2, 0.25) is 0 Å². The number of hydrogen-bond donors (Lipinski definition) is 1. The molecule has 1 amide bonds. The minimum absolute atomic E-state index is 0.183. The molecule has 0 spiro atoms. The first-order valence-electron chi connectivity index (χ1n) is 8.28. The van der Waals surface area contributed by atoms with E-state index in [0.29, 0.717) is 36.5 Å². The molecule has 0 unspecified atom stereocenters. The van der Waals surface area contributed by atoms with E-state index in [-0.39, 0.29) is 5.91 Å². The van der Waals surface area contributed by atoms with Gasteiger partial charge in [-0.25, -0.2) is 4.39 Å². The number of fused-ring (bicyclic) bond motifs is 1. The van der Waals surface area contributed by atoms with Gasteiger partial charge in [0.1, 0.15) is 6.17 Å². The number of aromatic nitrogens is 1. The molecule has 2 aromatic rings. The summed E-state index contributed by atoms with van der Waals surface area (Å²) in [4.78, 5) is 20.3. The van der Waals surface area contributed by atoms with Crippen LogP contribution in [0.4, 0.5) is 15.8 Å². The Kier molecular flexibility index (Phi) is 3.67. The van der Waals surface area contributed by atoms with Crippen LogP contribution in [0, 0.1) is 0 Å². The lowest BCUT2D eigenvalue weighted by molar-refractivity contribution is 0.0703. The van der Waals surface area contributed by atoms with Gasteiger partial charge in [-0.2, -0.15) is 0 Å². The van der Waals surface area contributed by atoms with Crippen molar-refractivity contribution in [2.24, 2.45) is 0 Å². The third-order valence-corrected chi connectivity index (χ3v) is 4.98. The van der Waals surface area contributed by atoms with Crippen molar-refractivity contribution in [2.45, 2.75) is 18.6 Å². The highest BCUT2D eigenvalue weighted by Gasteiger charge is 2.42. The van der Waals surface area contributed by atoms with Crippen molar-refractivity contribution in [2.75, 3.05) is 23.7 Å². The second kappa shape index (κ2) is 5.88. The molecule has 6 heteroatoms. The van der Waals surface area contributed by atoms with Gasteiger partial charge in [-0.15, -0.1) is 0 Å². The lowest BCUT2D eigenvalue weighted by Gasteiger charge is -2.41. The maximum absolute atomic E-state index is 14.8. The average molecular weight is 338 g/mol. The number of nitrogen functional groups attached to an aromatic ring is 1. The summed E-state index contributed by atoms with van der Waals surface area (Å²) >= 11 is 0. The molecule has 0 saturated carbocycles. The molecule has 1 saturated heterocycles. The topological polar surface area (TPSA) is 62.5 Å². The lowest BCUT2D eigenvalue weighted by atomic mass is 10.0. The summed E-state index contributed by atoms with van der Waals surface area (Å²) in [7, 11) is 0. The van der Waals surface area contributed by atoms with E-state index in [0.717, 1.165) is 11.3 Å². The van der Waals surface area contributed by atoms with Crippen LogP contribution in [0.3, 0.4) is 0 Å². The summed E-state index contributed by atoms with van der Waals surface area (Å²) in [6.07, 6.45) is 2.48. The van der Waals surface area contributed by atoms with Crippen LogP contribution in [-0.4, -0.2) is 41.1 Å². The zero-order valence-electron chi connectivity index (χ0n) is 13.7. The summed E-state index contributed by atoms with van der Waals surface area (Å²) in [6.45, 7) is 4.96. The van der Waals surface area contributed by atoms with Crippen molar-refractivity contribution in [3.05, 3.63) is 60.4 Å². The first-order valence-corrected chi connectivity index (χ1v) is 8.28. The lowest BCUT2D eigenvalue weighted by Crippen LogP contribution is -2.53. The van der Waals surface area contributed by atoms with Gasteiger partial charge in [-0.05, 0) is 18.6 Å². The monoisotopic (exact) mass is 338 g/mol. The molecule has 0 radical (unpaired) electrons. The Bertz CT molecular complexity index is 818. The van der Waals surface area contributed by atoms with Crippen LogP contribution in [0.25, 0.3) is 5.70 Å². The van der Waals surface area contributed by atoms with E-state index in [4.69, 9.17) is 5.73 Å². The van der Waals surface area contributed by atoms with Crippen molar-refractivity contribution in [3.8, 4) is 0 Å². The molecular weight excluding hydrogens is 319 g/mol. The molecule has 25 heavy (non-hydrogen) atoms. The fraction of sp³-hybridized carbons (Fsp3) is 0.263. The highest BCUT2D eigenvalue weighted by atomic mass is 19.1. The van der Waals surface area contributed by atoms with Crippen LogP contribution in [0.5, 0.6) is 0 Å². The van der Waals surface area contributed by atoms with E-state index in [1.54, 1.807) is 18.5 Å². The van der Waals surface area contributed by atoms with Gasteiger partial charge in [0.15, 0.2) is 0 Å². The van der Waals surface area contributed by atoms with Crippen molar-refractivity contribution >= 4 is 23.0 Å². The summed E-state index contributed by atoms with van der Waals surface area (Å²) in [6, 6.07) is 8.51. The quantitative estimate of drug-likeness (QED) is 0.914. The van der Waals surface area contributed by atoms with Gasteiger partial charge < -0.3 is 15.5 Å². The number of amides is 1. The fourth-order valence-corrected chi connectivity index (χ4v) is 3.71. The molecule has 2 aliphatic rings.